The number of ether oxygens (including phenoxy) is 2. The predicted molar refractivity (Wildman–Crippen MR) is 243 cm³/mol. The van der Waals surface area contributed by atoms with Gasteiger partial charge in [-0.05, 0) is 108 Å². The summed E-state index contributed by atoms with van der Waals surface area (Å²) in [7, 11) is -0.358. The molecule has 0 fully saturated rings. The maximum absolute atomic E-state index is 14.3. The summed E-state index contributed by atoms with van der Waals surface area (Å²) in [4.78, 5) is 0. The van der Waals surface area contributed by atoms with Crippen LogP contribution in [0, 0.1) is 27.7 Å². The van der Waals surface area contributed by atoms with Crippen molar-refractivity contribution in [1.29, 1.82) is 0 Å². The fraction of sp³-hybridized carbons (Fsp3) is 0.154. The fourth-order valence-corrected chi connectivity index (χ4v) is 8.43. The van der Waals surface area contributed by atoms with E-state index in [2.05, 4.69) is 101 Å². The van der Waals surface area contributed by atoms with Gasteiger partial charge >= 0.3 is 0 Å². The molecule has 288 valence electrons. The molecule has 57 heavy (non-hydrogen) atoms. The van der Waals surface area contributed by atoms with Gasteiger partial charge in [0.1, 0.15) is 11.5 Å². The summed E-state index contributed by atoms with van der Waals surface area (Å²) in [6.45, 7) is 8.29. The van der Waals surface area contributed by atoms with Gasteiger partial charge in [0.05, 0.1) is 25.7 Å². The van der Waals surface area contributed by atoms with Gasteiger partial charge in [-0.2, -0.15) is 0 Å². The van der Waals surface area contributed by atoms with E-state index < -0.39 is 9.84 Å². The lowest BCUT2D eigenvalue weighted by Gasteiger charge is -2.15. The van der Waals surface area contributed by atoms with Gasteiger partial charge in [0.2, 0.25) is 0 Å². The highest BCUT2D eigenvalue weighted by Crippen LogP contribution is 2.34. The monoisotopic (exact) mass is 770 g/mol. The molecule has 0 aliphatic carbocycles. The van der Waals surface area contributed by atoms with Gasteiger partial charge in [-0.25, -0.2) is 8.42 Å². The van der Waals surface area contributed by atoms with Gasteiger partial charge in [-0.3, -0.25) is 0 Å². The third kappa shape index (κ3) is 10.6. The van der Waals surface area contributed by atoms with Crippen molar-refractivity contribution < 1.29 is 17.9 Å². The summed E-state index contributed by atoms with van der Waals surface area (Å²) in [6, 6.07) is 40.4. The molecule has 0 radical (unpaired) electrons. The molecule has 0 spiro atoms. The van der Waals surface area contributed by atoms with Gasteiger partial charge < -0.3 is 9.47 Å². The van der Waals surface area contributed by atoms with Gasteiger partial charge in [-0.1, -0.05) is 146 Å². The molecule has 0 heterocycles. The second-order valence-corrected chi connectivity index (χ2v) is 16.5. The van der Waals surface area contributed by atoms with Gasteiger partial charge in [-0.15, -0.1) is 0 Å². The molecule has 0 atom stereocenters. The Morgan fingerprint density at radius 1 is 0.386 bits per heavy atom. The van der Waals surface area contributed by atoms with E-state index in [-0.39, 0.29) is 11.5 Å². The van der Waals surface area contributed by atoms with E-state index in [0.717, 1.165) is 66.8 Å². The first-order valence-electron chi connectivity index (χ1n) is 19.1. The average Bonchev–Trinajstić information content (AvgIpc) is 3.19. The molecule has 0 bridgehead atoms. The van der Waals surface area contributed by atoms with Crippen molar-refractivity contribution in [3.8, 4) is 11.5 Å². The second kappa shape index (κ2) is 18.6. The molecule has 0 saturated carbocycles. The van der Waals surface area contributed by atoms with E-state index in [1.54, 1.807) is 14.2 Å². The number of hydrogen-bond donors (Lipinski definition) is 0. The smallest absolute Gasteiger partial charge is 0.158 e. The van der Waals surface area contributed by atoms with Crippen LogP contribution in [0.1, 0.15) is 77.9 Å². The largest absolute Gasteiger partial charge is 0.496 e. The first-order chi connectivity index (χ1) is 27.5. The number of sulfone groups is 1. The number of hydrogen-bond acceptors (Lipinski definition) is 4. The Labute approximate surface area is 339 Å². The molecule has 0 saturated heterocycles. The van der Waals surface area contributed by atoms with Crippen LogP contribution >= 0.6 is 0 Å². The minimum Gasteiger partial charge on any atom is -0.496 e. The normalized spacial score (nSPS) is 12.0. The zero-order valence-electron chi connectivity index (χ0n) is 33.6. The van der Waals surface area contributed by atoms with Crippen LogP contribution in [0.4, 0.5) is 0 Å². The lowest BCUT2D eigenvalue weighted by Crippen LogP contribution is -2.09. The van der Waals surface area contributed by atoms with E-state index in [4.69, 9.17) is 9.47 Å². The van der Waals surface area contributed by atoms with E-state index in [1.807, 2.05) is 97.1 Å². The second-order valence-electron chi connectivity index (χ2n) is 14.4. The van der Waals surface area contributed by atoms with Crippen LogP contribution in [0.5, 0.6) is 11.5 Å². The van der Waals surface area contributed by atoms with E-state index in [0.29, 0.717) is 22.6 Å². The van der Waals surface area contributed by atoms with Crippen molar-refractivity contribution in [2.45, 2.75) is 39.2 Å². The summed E-state index contributed by atoms with van der Waals surface area (Å²) in [5, 5.41) is 0. The van der Waals surface area contributed by atoms with Crippen LogP contribution in [0.2, 0.25) is 0 Å². The molecule has 0 aliphatic rings. The maximum atomic E-state index is 14.3. The van der Waals surface area contributed by atoms with Crippen LogP contribution < -0.4 is 9.47 Å². The van der Waals surface area contributed by atoms with E-state index >= 15 is 0 Å². The minimum atomic E-state index is -3.67. The fourth-order valence-electron chi connectivity index (χ4n) is 6.98. The van der Waals surface area contributed by atoms with Crippen molar-refractivity contribution in [1.82, 2.24) is 0 Å². The molecule has 6 aromatic carbocycles. The third-order valence-corrected chi connectivity index (χ3v) is 11.7. The standard InChI is InChI=1S/C52H50O4S/c1-37-15-7-11-19-43(37)23-27-47-31-41(32-48(51(47)55-5)28-24-44-20-12-8-16-38(44)2)35-57(53,54)36-42-33-49(29-25-45-21-13-9-17-39(45)3)52(56-6)50(34-42)30-26-46-22-14-10-18-40(46)4/h7-34H,35-36H2,1-6H3/b27-23+,28-24+,29-25+,30-26+. The molecule has 4 nitrogen and oxygen atoms in total. The molecule has 5 heteroatoms. The maximum Gasteiger partial charge on any atom is 0.158 e. The number of aryl methyl sites for hydroxylation is 4. The molecule has 6 aromatic rings. The Hall–Kier alpha value is -6.17. The first kappa shape index (κ1) is 40.5. The lowest BCUT2D eigenvalue weighted by atomic mass is 10.0. The molecule has 0 amide bonds. The molecule has 0 aromatic heterocycles. The van der Waals surface area contributed by atoms with E-state index in [9.17, 15) is 8.42 Å². The number of methoxy groups -OCH3 is 2. The van der Waals surface area contributed by atoms with Crippen molar-refractivity contribution in [3.63, 3.8) is 0 Å². The first-order valence-corrected chi connectivity index (χ1v) is 20.9. The lowest BCUT2D eigenvalue weighted by molar-refractivity contribution is 0.413. The van der Waals surface area contributed by atoms with Crippen molar-refractivity contribution >= 4 is 58.4 Å². The molecular weight excluding hydrogens is 721 g/mol. The van der Waals surface area contributed by atoms with Crippen molar-refractivity contribution in [2.75, 3.05) is 14.2 Å². The summed E-state index contributed by atoms with van der Waals surface area (Å²) in [6.07, 6.45) is 16.2. The molecule has 0 N–H and O–H groups in total. The highest BCUT2D eigenvalue weighted by atomic mass is 32.2. The average molecular weight is 771 g/mol. The van der Waals surface area contributed by atoms with Gasteiger partial charge in [0, 0.05) is 22.3 Å². The third-order valence-electron chi connectivity index (χ3n) is 10.1. The quantitative estimate of drug-likeness (QED) is 0.104. The summed E-state index contributed by atoms with van der Waals surface area (Å²) >= 11 is 0. The van der Waals surface area contributed by atoms with Crippen LogP contribution in [0.25, 0.3) is 48.6 Å². The predicted octanol–water partition coefficient (Wildman–Crippen LogP) is 12.7. The Kier molecular flexibility index (Phi) is 13.2. The molecule has 6 rings (SSSR count). The Morgan fingerprint density at radius 3 is 0.842 bits per heavy atom. The summed E-state index contributed by atoms with van der Waals surface area (Å²) in [5.41, 5.74) is 13.4. The highest BCUT2D eigenvalue weighted by molar-refractivity contribution is 7.89. The van der Waals surface area contributed by atoms with Crippen LogP contribution in [-0.4, -0.2) is 22.6 Å². The van der Waals surface area contributed by atoms with Crippen LogP contribution in [-0.2, 0) is 21.3 Å². The highest BCUT2D eigenvalue weighted by Gasteiger charge is 2.19. The molecule has 0 aliphatic heterocycles. The number of benzene rings is 6. The minimum absolute atomic E-state index is 0.151. The van der Waals surface area contributed by atoms with Crippen molar-refractivity contribution in [3.05, 3.63) is 199 Å². The Balaban J connectivity index is 1.40. The SMILES string of the molecule is COc1c(/C=C/c2ccccc2C)cc(CS(=O)(=O)Cc2cc(/C=C/c3ccccc3C)c(OC)c(/C=C/c3ccccc3C)c2)cc1/C=C/c1ccccc1C. The molecular formula is C52H50O4S. The van der Waals surface area contributed by atoms with Gasteiger partial charge in [0.15, 0.2) is 9.84 Å². The van der Waals surface area contributed by atoms with Crippen molar-refractivity contribution in [2.24, 2.45) is 0 Å². The van der Waals surface area contributed by atoms with E-state index in [1.165, 1.54) is 0 Å². The summed E-state index contributed by atoms with van der Waals surface area (Å²) < 4.78 is 40.6. The number of rotatable bonds is 14. The van der Waals surface area contributed by atoms with Crippen LogP contribution in [0.3, 0.4) is 0 Å². The summed E-state index contributed by atoms with van der Waals surface area (Å²) in [5.74, 6) is 1.05. The zero-order chi connectivity index (χ0) is 40.4. The van der Waals surface area contributed by atoms with Crippen LogP contribution in [0.15, 0.2) is 121 Å². The Bertz CT molecular complexity index is 2280. The zero-order valence-corrected chi connectivity index (χ0v) is 34.4. The molecule has 0 unspecified atom stereocenters. The Morgan fingerprint density at radius 2 is 0.614 bits per heavy atom. The van der Waals surface area contributed by atoms with Gasteiger partial charge in [0.25, 0.3) is 0 Å². The topological polar surface area (TPSA) is 52.6 Å².